The van der Waals surface area contributed by atoms with Crippen LogP contribution in [0.4, 0.5) is 0 Å². The van der Waals surface area contributed by atoms with Crippen LogP contribution in [-0.2, 0) is 0 Å². The van der Waals surface area contributed by atoms with E-state index in [9.17, 15) is 0 Å². The van der Waals surface area contributed by atoms with Crippen LogP contribution in [0.5, 0.6) is 11.5 Å². The van der Waals surface area contributed by atoms with Gasteiger partial charge in [0.2, 0.25) is 0 Å². The summed E-state index contributed by atoms with van der Waals surface area (Å²) in [4.78, 5) is 0. The summed E-state index contributed by atoms with van der Waals surface area (Å²) >= 11 is 6.01. The molecule has 0 aromatic heterocycles. The second-order valence-corrected chi connectivity index (χ2v) is 3.49. The molecule has 5 heteroatoms. The van der Waals surface area contributed by atoms with Crippen molar-refractivity contribution in [3.63, 3.8) is 0 Å². The Morgan fingerprint density at radius 3 is 2.47 bits per heavy atom. The third kappa shape index (κ3) is 2.53. The second kappa shape index (κ2) is 5.21. The molecule has 0 saturated heterocycles. The number of halogens is 1. The topological polar surface area (TPSA) is 70.5 Å². The van der Waals surface area contributed by atoms with Crippen molar-refractivity contribution in [2.24, 2.45) is 11.5 Å². The van der Waals surface area contributed by atoms with E-state index < -0.39 is 0 Å². The predicted octanol–water partition coefficient (Wildman–Crippen LogP) is 1.32. The molecule has 15 heavy (non-hydrogen) atoms. The van der Waals surface area contributed by atoms with Gasteiger partial charge in [0.15, 0.2) is 11.5 Å². The number of benzene rings is 1. The highest BCUT2D eigenvalue weighted by Gasteiger charge is 2.13. The Hall–Kier alpha value is -0.970. The number of nitrogens with two attached hydrogens (primary N) is 2. The van der Waals surface area contributed by atoms with E-state index in [1.165, 1.54) is 7.11 Å². The molecule has 1 rings (SSSR count). The Morgan fingerprint density at radius 2 is 2.00 bits per heavy atom. The molecular weight excluding hydrogens is 216 g/mol. The van der Waals surface area contributed by atoms with Gasteiger partial charge in [0.25, 0.3) is 0 Å². The van der Waals surface area contributed by atoms with Gasteiger partial charge in [-0.2, -0.15) is 0 Å². The molecule has 0 aliphatic rings. The molecule has 0 amide bonds. The van der Waals surface area contributed by atoms with Crippen molar-refractivity contribution in [3.05, 3.63) is 22.7 Å². The molecule has 0 saturated carbocycles. The highest BCUT2D eigenvalue weighted by molar-refractivity contribution is 6.32. The molecular formula is C10H15ClN2O2. The van der Waals surface area contributed by atoms with Crippen LogP contribution >= 0.6 is 11.6 Å². The van der Waals surface area contributed by atoms with Gasteiger partial charge in [-0.05, 0) is 17.7 Å². The third-order valence-electron chi connectivity index (χ3n) is 2.14. The Kier molecular flexibility index (Phi) is 4.20. The molecule has 84 valence electrons. The van der Waals surface area contributed by atoms with Gasteiger partial charge in [-0.15, -0.1) is 0 Å². The van der Waals surface area contributed by atoms with Gasteiger partial charge >= 0.3 is 0 Å². The first kappa shape index (κ1) is 12.1. The maximum absolute atomic E-state index is 6.01. The van der Waals surface area contributed by atoms with Gasteiger partial charge in [0.05, 0.1) is 19.2 Å². The van der Waals surface area contributed by atoms with Crippen LogP contribution in [0.15, 0.2) is 12.1 Å². The van der Waals surface area contributed by atoms with Gasteiger partial charge in [-0.1, -0.05) is 11.6 Å². The summed E-state index contributed by atoms with van der Waals surface area (Å²) in [5, 5.41) is 0.468. The fraction of sp³-hybridized carbons (Fsp3) is 0.400. The minimum Gasteiger partial charge on any atom is -0.493 e. The van der Waals surface area contributed by atoms with E-state index in [-0.39, 0.29) is 6.04 Å². The summed E-state index contributed by atoms with van der Waals surface area (Å²) in [6, 6.07) is 3.27. The first-order valence-electron chi connectivity index (χ1n) is 4.51. The fourth-order valence-electron chi connectivity index (χ4n) is 1.29. The molecule has 0 heterocycles. The van der Waals surface area contributed by atoms with E-state index in [1.807, 2.05) is 0 Å². The SMILES string of the molecule is COc1cc(C(N)CN)cc(Cl)c1OC. The minimum atomic E-state index is -0.248. The zero-order valence-corrected chi connectivity index (χ0v) is 9.54. The van der Waals surface area contributed by atoms with Crippen LogP contribution in [0.3, 0.4) is 0 Å². The predicted molar refractivity (Wildman–Crippen MR) is 60.5 cm³/mol. The van der Waals surface area contributed by atoms with Crippen molar-refractivity contribution in [1.29, 1.82) is 0 Å². The molecule has 4 N–H and O–H groups in total. The third-order valence-corrected chi connectivity index (χ3v) is 2.42. The molecule has 0 bridgehead atoms. The lowest BCUT2D eigenvalue weighted by molar-refractivity contribution is 0.354. The molecule has 1 aromatic rings. The lowest BCUT2D eigenvalue weighted by atomic mass is 10.1. The summed E-state index contributed by atoms with van der Waals surface area (Å²) in [7, 11) is 3.08. The Bertz CT molecular complexity index is 344. The Labute approximate surface area is 94.1 Å². The van der Waals surface area contributed by atoms with E-state index in [0.29, 0.717) is 23.1 Å². The molecule has 4 nitrogen and oxygen atoms in total. The van der Waals surface area contributed by atoms with Crippen LogP contribution in [-0.4, -0.2) is 20.8 Å². The molecule has 0 fully saturated rings. The van der Waals surface area contributed by atoms with Crippen molar-refractivity contribution in [2.75, 3.05) is 20.8 Å². The van der Waals surface area contributed by atoms with E-state index in [4.69, 9.17) is 32.5 Å². The molecule has 0 spiro atoms. The molecule has 1 unspecified atom stereocenters. The van der Waals surface area contributed by atoms with Gasteiger partial charge < -0.3 is 20.9 Å². The monoisotopic (exact) mass is 230 g/mol. The average Bonchev–Trinajstić information content (AvgIpc) is 2.26. The molecule has 0 aliphatic carbocycles. The second-order valence-electron chi connectivity index (χ2n) is 3.08. The summed E-state index contributed by atoms with van der Waals surface area (Å²) < 4.78 is 10.3. The number of hydrogen-bond donors (Lipinski definition) is 2. The summed E-state index contributed by atoms with van der Waals surface area (Å²) in [5.41, 5.74) is 12.1. The zero-order valence-electron chi connectivity index (χ0n) is 8.79. The maximum Gasteiger partial charge on any atom is 0.179 e. The van der Waals surface area contributed by atoms with Crippen LogP contribution < -0.4 is 20.9 Å². The van der Waals surface area contributed by atoms with Gasteiger partial charge in [-0.25, -0.2) is 0 Å². The summed E-state index contributed by atoms with van der Waals surface area (Å²) in [6.07, 6.45) is 0. The lowest BCUT2D eigenvalue weighted by Gasteiger charge is -2.14. The van der Waals surface area contributed by atoms with E-state index in [1.54, 1.807) is 19.2 Å². The van der Waals surface area contributed by atoms with E-state index in [0.717, 1.165) is 5.56 Å². The Balaban J connectivity index is 3.19. The van der Waals surface area contributed by atoms with Crippen molar-refractivity contribution >= 4 is 11.6 Å². The zero-order chi connectivity index (χ0) is 11.4. The lowest BCUT2D eigenvalue weighted by Crippen LogP contribution is -2.20. The van der Waals surface area contributed by atoms with Crippen LogP contribution in [0.1, 0.15) is 11.6 Å². The number of methoxy groups -OCH3 is 2. The van der Waals surface area contributed by atoms with E-state index in [2.05, 4.69) is 0 Å². The number of ether oxygens (including phenoxy) is 2. The maximum atomic E-state index is 6.01. The van der Waals surface area contributed by atoms with Crippen molar-refractivity contribution < 1.29 is 9.47 Å². The van der Waals surface area contributed by atoms with Gasteiger partial charge in [0.1, 0.15) is 0 Å². The van der Waals surface area contributed by atoms with Gasteiger partial charge in [-0.3, -0.25) is 0 Å². The van der Waals surface area contributed by atoms with Crippen LogP contribution in [0.2, 0.25) is 5.02 Å². The summed E-state index contributed by atoms with van der Waals surface area (Å²) in [6.45, 7) is 0.353. The molecule has 1 atom stereocenters. The Morgan fingerprint density at radius 1 is 1.33 bits per heavy atom. The number of hydrogen-bond acceptors (Lipinski definition) is 4. The highest BCUT2D eigenvalue weighted by atomic mass is 35.5. The minimum absolute atomic E-state index is 0.248. The first-order valence-corrected chi connectivity index (χ1v) is 4.88. The quantitative estimate of drug-likeness (QED) is 0.819. The van der Waals surface area contributed by atoms with Crippen LogP contribution in [0.25, 0.3) is 0 Å². The van der Waals surface area contributed by atoms with Crippen molar-refractivity contribution in [2.45, 2.75) is 6.04 Å². The fourth-order valence-corrected chi connectivity index (χ4v) is 1.58. The van der Waals surface area contributed by atoms with Crippen LogP contribution in [0, 0.1) is 0 Å². The smallest absolute Gasteiger partial charge is 0.179 e. The largest absolute Gasteiger partial charge is 0.493 e. The first-order chi connectivity index (χ1) is 7.13. The van der Waals surface area contributed by atoms with Crippen molar-refractivity contribution in [1.82, 2.24) is 0 Å². The van der Waals surface area contributed by atoms with E-state index >= 15 is 0 Å². The standard InChI is InChI=1S/C10H15ClN2O2/c1-14-9-4-6(8(13)5-12)3-7(11)10(9)15-2/h3-4,8H,5,12-13H2,1-2H3. The van der Waals surface area contributed by atoms with Crippen molar-refractivity contribution in [3.8, 4) is 11.5 Å². The average molecular weight is 231 g/mol. The highest BCUT2D eigenvalue weighted by Crippen LogP contribution is 2.37. The summed E-state index contributed by atoms with van der Waals surface area (Å²) in [5.74, 6) is 1.07. The normalized spacial score (nSPS) is 12.3. The number of rotatable bonds is 4. The molecule has 0 aliphatic heterocycles. The van der Waals surface area contributed by atoms with Gasteiger partial charge in [0, 0.05) is 12.6 Å². The molecule has 0 radical (unpaired) electrons. The molecule has 1 aromatic carbocycles.